The van der Waals surface area contributed by atoms with Gasteiger partial charge in [-0.15, -0.1) is 0 Å². The third-order valence-electron chi connectivity index (χ3n) is 4.59. The maximum Gasteiger partial charge on any atom is 0.227 e. The van der Waals surface area contributed by atoms with Gasteiger partial charge < -0.3 is 11.1 Å². The number of hydrogen-bond donors (Lipinski definition) is 2. The average Bonchev–Trinajstić information content (AvgIpc) is 2.58. The Bertz CT molecular complexity index is 631. The number of rotatable bonds is 3. The van der Waals surface area contributed by atoms with Gasteiger partial charge in [0.15, 0.2) is 0 Å². The summed E-state index contributed by atoms with van der Waals surface area (Å²) in [5.41, 5.74) is 8.62. The summed E-state index contributed by atoms with van der Waals surface area (Å²) in [5, 5.41) is 2.97. The molecule has 1 saturated carbocycles. The van der Waals surface area contributed by atoms with E-state index in [1.54, 1.807) is 0 Å². The van der Waals surface area contributed by atoms with E-state index in [4.69, 9.17) is 5.73 Å². The van der Waals surface area contributed by atoms with Crippen LogP contribution in [0.2, 0.25) is 0 Å². The molecule has 1 amide bonds. The molecule has 0 radical (unpaired) electrons. The highest BCUT2D eigenvalue weighted by Gasteiger charge is 2.27. The van der Waals surface area contributed by atoms with Gasteiger partial charge >= 0.3 is 0 Å². The number of carbonyl (C=O) groups is 1. The van der Waals surface area contributed by atoms with Crippen molar-refractivity contribution in [3.63, 3.8) is 0 Å². The van der Waals surface area contributed by atoms with E-state index in [1.165, 1.54) is 5.56 Å². The summed E-state index contributed by atoms with van der Waals surface area (Å²) >= 11 is 0. The van der Waals surface area contributed by atoms with Gasteiger partial charge in [0.25, 0.3) is 0 Å². The van der Waals surface area contributed by atoms with Crippen LogP contribution in [0, 0.1) is 5.92 Å². The zero-order valence-electron chi connectivity index (χ0n) is 12.7. The number of benzene rings is 2. The molecule has 1 aliphatic rings. The Morgan fingerprint density at radius 1 is 0.909 bits per heavy atom. The van der Waals surface area contributed by atoms with Gasteiger partial charge in [-0.2, -0.15) is 0 Å². The molecule has 0 atom stereocenters. The van der Waals surface area contributed by atoms with Gasteiger partial charge in [-0.25, -0.2) is 0 Å². The second-order valence-corrected chi connectivity index (χ2v) is 6.04. The molecular weight excluding hydrogens is 272 g/mol. The molecule has 0 aromatic heterocycles. The number of amides is 1. The Morgan fingerprint density at radius 2 is 1.55 bits per heavy atom. The smallest absolute Gasteiger partial charge is 0.227 e. The Kier molecular flexibility index (Phi) is 4.42. The van der Waals surface area contributed by atoms with Crippen LogP contribution in [0.25, 0.3) is 0 Å². The van der Waals surface area contributed by atoms with E-state index in [-0.39, 0.29) is 11.8 Å². The average molecular weight is 294 g/mol. The van der Waals surface area contributed by atoms with E-state index in [0.717, 1.165) is 31.4 Å². The molecule has 1 aliphatic carbocycles. The first-order chi connectivity index (χ1) is 10.7. The number of anilines is 2. The molecule has 2 aromatic carbocycles. The van der Waals surface area contributed by atoms with Crippen molar-refractivity contribution >= 4 is 17.3 Å². The van der Waals surface area contributed by atoms with Crippen molar-refractivity contribution in [3.05, 3.63) is 60.2 Å². The van der Waals surface area contributed by atoms with E-state index in [9.17, 15) is 4.79 Å². The predicted octanol–water partition coefficient (Wildman–Crippen LogP) is 4.18. The van der Waals surface area contributed by atoms with Gasteiger partial charge in [0.1, 0.15) is 0 Å². The van der Waals surface area contributed by atoms with Crippen LogP contribution in [-0.2, 0) is 4.79 Å². The van der Waals surface area contributed by atoms with Gasteiger partial charge in [0, 0.05) is 5.92 Å². The first kappa shape index (κ1) is 14.6. The number of nitrogens with two attached hydrogens (primary N) is 1. The lowest BCUT2D eigenvalue weighted by atomic mass is 9.78. The van der Waals surface area contributed by atoms with Crippen molar-refractivity contribution in [3.8, 4) is 0 Å². The minimum absolute atomic E-state index is 0.0968. The molecule has 2 aromatic rings. The Hall–Kier alpha value is -2.29. The molecule has 3 rings (SSSR count). The molecule has 3 heteroatoms. The molecule has 0 aliphatic heterocycles. The lowest BCUT2D eigenvalue weighted by molar-refractivity contribution is -0.120. The normalized spacial score (nSPS) is 21.3. The predicted molar refractivity (Wildman–Crippen MR) is 90.6 cm³/mol. The third kappa shape index (κ3) is 3.30. The number of hydrogen-bond acceptors (Lipinski definition) is 2. The molecule has 0 unspecified atom stereocenters. The maximum atomic E-state index is 12.4. The monoisotopic (exact) mass is 294 g/mol. The van der Waals surface area contributed by atoms with Gasteiger partial charge in [0.05, 0.1) is 11.4 Å². The van der Waals surface area contributed by atoms with Crippen LogP contribution in [0.15, 0.2) is 54.6 Å². The fraction of sp³-hybridized carbons (Fsp3) is 0.316. The van der Waals surface area contributed by atoms with Gasteiger partial charge in [0.2, 0.25) is 5.91 Å². The highest BCUT2D eigenvalue weighted by molar-refractivity contribution is 5.95. The van der Waals surface area contributed by atoms with Crippen LogP contribution >= 0.6 is 0 Å². The molecule has 3 N–H and O–H groups in total. The van der Waals surface area contributed by atoms with E-state index in [1.807, 2.05) is 30.3 Å². The van der Waals surface area contributed by atoms with Crippen molar-refractivity contribution in [1.29, 1.82) is 0 Å². The third-order valence-corrected chi connectivity index (χ3v) is 4.59. The van der Waals surface area contributed by atoms with Crippen molar-refractivity contribution in [2.24, 2.45) is 5.92 Å². The lowest BCUT2D eigenvalue weighted by Crippen LogP contribution is -2.27. The molecule has 0 heterocycles. The SMILES string of the molecule is Nc1ccccc1NC(=O)C1CCC(c2ccccc2)CC1. The summed E-state index contributed by atoms with van der Waals surface area (Å²) in [6.45, 7) is 0. The van der Waals surface area contributed by atoms with Gasteiger partial charge in [-0.1, -0.05) is 42.5 Å². The van der Waals surface area contributed by atoms with Crippen molar-refractivity contribution < 1.29 is 4.79 Å². The Balaban J connectivity index is 1.57. The van der Waals surface area contributed by atoms with E-state index < -0.39 is 0 Å². The van der Waals surface area contributed by atoms with Crippen LogP contribution < -0.4 is 11.1 Å². The van der Waals surface area contributed by atoms with Crippen molar-refractivity contribution in [1.82, 2.24) is 0 Å². The number of para-hydroxylation sites is 2. The van der Waals surface area contributed by atoms with Gasteiger partial charge in [-0.05, 0) is 49.3 Å². The minimum atomic E-state index is 0.0968. The second kappa shape index (κ2) is 6.65. The molecule has 0 spiro atoms. The lowest BCUT2D eigenvalue weighted by Gasteiger charge is -2.28. The Morgan fingerprint density at radius 3 is 2.23 bits per heavy atom. The standard InChI is InChI=1S/C19H22N2O/c20-17-8-4-5-9-18(17)21-19(22)16-12-10-15(11-13-16)14-6-2-1-3-7-14/h1-9,15-16H,10-13,20H2,(H,21,22). The topological polar surface area (TPSA) is 55.1 Å². The Labute approximate surface area is 131 Å². The van der Waals surface area contributed by atoms with Crippen molar-refractivity contribution in [2.45, 2.75) is 31.6 Å². The zero-order chi connectivity index (χ0) is 15.4. The molecular formula is C19H22N2O. The number of nitrogens with one attached hydrogen (secondary N) is 1. The largest absolute Gasteiger partial charge is 0.397 e. The molecule has 1 fully saturated rings. The van der Waals surface area contributed by atoms with E-state index in [0.29, 0.717) is 11.6 Å². The summed E-state index contributed by atoms with van der Waals surface area (Å²) in [6.07, 6.45) is 4.04. The highest BCUT2D eigenvalue weighted by Crippen LogP contribution is 2.36. The molecule has 0 saturated heterocycles. The summed E-state index contributed by atoms with van der Waals surface area (Å²) in [4.78, 5) is 12.4. The zero-order valence-corrected chi connectivity index (χ0v) is 12.7. The minimum Gasteiger partial charge on any atom is -0.397 e. The van der Waals surface area contributed by atoms with Crippen LogP contribution in [0.4, 0.5) is 11.4 Å². The van der Waals surface area contributed by atoms with E-state index >= 15 is 0 Å². The summed E-state index contributed by atoms with van der Waals surface area (Å²) in [5.74, 6) is 0.788. The second-order valence-electron chi connectivity index (χ2n) is 6.04. The summed E-state index contributed by atoms with van der Waals surface area (Å²) in [7, 11) is 0. The molecule has 0 bridgehead atoms. The molecule has 3 nitrogen and oxygen atoms in total. The molecule has 22 heavy (non-hydrogen) atoms. The van der Waals surface area contributed by atoms with Gasteiger partial charge in [-0.3, -0.25) is 4.79 Å². The fourth-order valence-corrected chi connectivity index (χ4v) is 3.26. The van der Waals surface area contributed by atoms with Crippen LogP contribution in [0.1, 0.15) is 37.2 Å². The fourth-order valence-electron chi connectivity index (χ4n) is 3.26. The number of nitrogen functional groups attached to an aromatic ring is 1. The van der Waals surface area contributed by atoms with Crippen molar-refractivity contribution in [2.75, 3.05) is 11.1 Å². The molecule has 114 valence electrons. The highest BCUT2D eigenvalue weighted by atomic mass is 16.1. The van der Waals surface area contributed by atoms with E-state index in [2.05, 4.69) is 29.6 Å². The van der Waals surface area contributed by atoms with Crippen LogP contribution in [-0.4, -0.2) is 5.91 Å². The summed E-state index contributed by atoms with van der Waals surface area (Å²) < 4.78 is 0. The van der Waals surface area contributed by atoms with Crippen LogP contribution in [0.3, 0.4) is 0 Å². The van der Waals surface area contributed by atoms with Crippen LogP contribution in [0.5, 0.6) is 0 Å². The maximum absolute atomic E-state index is 12.4. The first-order valence-corrected chi connectivity index (χ1v) is 7.94. The first-order valence-electron chi connectivity index (χ1n) is 7.94. The number of carbonyl (C=O) groups excluding carboxylic acids is 1. The summed E-state index contributed by atoms with van der Waals surface area (Å²) in [6, 6.07) is 18.0. The quantitative estimate of drug-likeness (QED) is 0.834.